The molecule has 0 N–H and O–H groups in total. The van der Waals surface area contributed by atoms with Crippen LogP contribution >= 0.6 is 11.1 Å². The Bertz CT molecular complexity index is 279. The quantitative estimate of drug-likeness (QED) is 0.565. The van der Waals surface area contributed by atoms with Gasteiger partial charge < -0.3 is 4.43 Å². The van der Waals surface area contributed by atoms with Crippen molar-refractivity contribution in [2.75, 3.05) is 6.61 Å². The molecule has 1 heterocycles. The first-order valence-electron chi connectivity index (χ1n) is 5.37. The van der Waals surface area contributed by atoms with Crippen LogP contribution in [0, 0.1) is 0 Å². The summed E-state index contributed by atoms with van der Waals surface area (Å²) in [4.78, 5) is 4.28. The van der Waals surface area contributed by atoms with Gasteiger partial charge in [-0.05, 0) is 44.5 Å². The van der Waals surface area contributed by atoms with Crippen LogP contribution in [0.4, 0.5) is 0 Å². The fourth-order valence-electron chi connectivity index (χ4n) is 1.50. The Balaban J connectivity index is 2.27. The highest BCUT2D eigenvalue weighted by Crippen LogP contribution is 2.19. The summed E-state index contributed by atoms with van der Waals surface area (Å²) in [5, 5.41) is 0. The Morgan fingerprint density at radius 1 is 1.47 bits per heavy atom. The molecule has 15 heavy (non-hydrogen) atoms. The van der Waals surface area contributed by atoms with Crippen LogP contribution in [-0.4, -0.2) is 19.2 Å². The minimum atomic E-state index is -1.91. The van der Waals surface area contributed by atoms with Gasteiger partial charge in [-0.3, -0.25) is 4.98 Å². The summed E-state index contributed by atoms with van der Waals surface area (Å²) in [5.74, 6) is 0. The molecule has 0 aliphatic rings. The van der Waals surface area contributed by atoms with E-state index < -0.39 is 7.63 Å². The molecule has 0 saturated carbocycles. The van der Waals surface area contributed by atoms with E-state index in [9.17, 15) is 0 Å². The second-order valence-electron chi connectivity index (χ2n) is 3.71. The van der Waals surface area contributed by atoms with Crippen molar-refractivity contribution >= 4 is 18.7 Å². The van der Waals surface area contributed by atoms with Crippen LogP contribution in [-0.2, 0) is 10.8 Å². The second-order valence-corrected chi connectivity index (χ2v) is 9.10. The van der Waals surface area contributed by atoms with E-state index in [2.05, 4.69) is 11.5 Å². The van der Waals surface area contributed by atoms with E-state index in [1.807, 2.05) is 31.3 Å². The molecule has 0 saturated heterocycles. The van der Waals surface area contributed by atoms with E-state index in [-0.39, 0.29) is 0 Å². The molecule has 0 aliphatic heterocycles. The van der Waals surface area contributed by atoms with E-state index in [1.165, 1.54) is 0 Å². The standard InChI is InChI=1S/C11H18ClNOSi/c1-3-14-15(2,12)10-6-8-11-7-4-5-9-13-11/h4-5,7,9H,3,6,8,10H2,1-2H3. The molecule has 1 aromatic rings. The third kappa shape index (κ3) is 5.30. The van der Waals surface area contributed by atoms with Gasteiger partial charge in [0.25, 0.3) is 7.63 Å². The van der Waals surface area contributed by atoms with Crippen molar-refractivity contribution in [3.8, 4) is 0 Å². The van der Waals surface area contributed by atoms with Crippen LogP contribution in [0.3, 0.4) is 0 Å². The maximum absolute atomic E-state index is 6.30. The maximum Gasteiger partial charge on any atom is 0.286 e. The summed E-state index contributed by atoms with van der Waals surface area (Å²) in [5.41, 5.74) is 1.13. The summed E-state index contributed by atoms with van der Waals surface area (Å²) in [6.45, 7) is 4.76. The fourth-order valence-corrected chi connectivity index (χ4v) is 3.79. The smallest absolute Gasteiger partial charge is 0.286 e. The van der Waals surface area contributed by atoms with Gasteiger partial charge >= 0.3 is 0 Å². The molecule has 1 aromatic heterocycles. The van der Waals surface area contributed by atoms with Crippen molar-refractivity contribution in [2.45, 2.75) is 32.4 Å². The first kappa shape index (κ1) is 12.7. The zero-order valence-corrected chi connectivity index (χ0v) is 11.1. The average Bonchev–Trinajstić information content (AvgIpc) is 2.19. The molecule has 0 radical (unpaired) electrons. The molecule has 0 aromatic carbocycles. The maximum atomic E-state index is 6.30. The largest absolute Gasteiger partial charge is 0.403 e. The van der Waals surface area contributed by atoms with Gasteiger partial charge in [-0.25, -0.2) is 0 Å². The van der Waals surface area contributed by atoms with Crippen LogP contribution in [0.15, 0.2) is 24.4 Å². The van der Waals surface area contributed by atoms with Crippen LogP contribution in [0.2, 0.25) is 12.6 Å². The number of aromatic nitrogens is 1. The highest BCUT2D eigenvalue weighted by atomic mass is 35.6. The number of hydrogen-bond donors (Lipinski definition) is 0. The molecule has 1 atom stereocenters. The van der Waals surface area contributed by atoms with E-state index in [1.54, 1.807) is 0 Å². The molecule has 0 aliphatic carbocycles. The van der Waals surface area contributed by atoms with Crippen molar-refractivity contribution in [3.63, 3.8) is 0 Å². The topological polar surface area (TPSA) is 22.1 Å². The molecule has 84 valence electrons. The highest BCUT2D eigenvalue weighted by Gasteiger charge is 2.24. The fraction of sp³-hybridized carbons (Fsp3) is 0.545. The SMILES string of the molecule is CCO[Si](C)(Cl)CCCc1ccccn1. The Morgan fingerprint density at radius 2 is 2.27 bits per heavy atom. The highest BCUT2D eigenvalue weighted by molar-refractivity contribution is 7.16. The Labute approximate surface area is 97.5 Å². The Morgan fingerprint density at radius 3 is 2.87 bits per heavy atom. The van der Waals surface area contributed by atoms with Crippen molar-refractivity contribution < 1.29 is 4.43 Å². The molecular formula is C11H18ClNOSi. The minimum Gasteiger partial charge on any atom is -0.403 e. The molecule has 1 unspecified atom stereocenters. The van der Waals surface area contributed by atoms with E-state index in [0.29, 0.717) is 0 Å². The van der Waals surface area contributed by atoms with Gasteiger partial charge in [-0.1, -0.05) is 6.07 Å². The summed E-state index contributed by atoms with van der Waals surface area (Å²) in [7, 11) is -1.91. The van der Waals surface area contributed by atoms with Gasteiger partial charge in [0.2, 0.25) is 0 Å². The van der Waals surface area contributed by atoms with Crippen molar-refractivity contribution in [1.82, 2.24) is 4.98 Å². The molecule has 0 bridgehead atoms. The van der Waals surface area contributed by atoms with Gasteiger partial charge in [0.05, 0.1) is 0 Å². The lowest BCUT2D eigenvalue weighted by Gasteiger charge is -2.18. The van der Waals surface area contributed by atoms with Crippen LogP contribution in [0.1, 0.15) is 19.0 Å². The van der Waals surface area contributed by atoms with E-state index in [4.69, 9.17) is 15.5 Å². The number of halogens is 1. The zero-order chi connectivity index (χ0) is 11.1. The van der Waals surface area contributed by atoms with Crippen LogP contribution < -0.4 is 0 Å². The lowest BCUT2D eigenvalue weighted by atomic mass is 10.2. The van der Waals surface area contributed by atoms with E-state index in [0.717, 1.165) is 31.2 Å². The lowest BCUT2D eigenvalue weighted by molar-refractivity contribution is 0.338. The predicted octanol–water partition coefficient (Wildman–Crippen LogP) is 3.36. The van der Waals surface area contributed by atoms with Gasteiger partial charge in [0, 0.05) is 18.5 Å². The number of nitrogens with zero attached hydrogens (tertiary/aromatic N) is 1. The van der Waals surface area contributed by atoms with Crippen LogP contribution in [0.25, 0.3) is 0 Å². The normalized spacial score (nSPS) is 14.9. The lowest BCUT2D eigenvalue weighted by Crippen LogP contribution is -2.27. The zero-order valence-electron chi connectivity index (χ0n) is 9.37. The van der Waals surface area contributed by atoms with Crippen LogP contribution in [0.5, 0.6) is 0 Å². The van der Waals surface area contributed by atoms with Crippen molar-refractivity contribution in [3.05, 3.63) is 30.1 Å². The monoisotopic (exact) mass is 243 g/mol. The van der Waals surface area contributed by atoms with Gasteiger partial charge in [0.15, 0.2) is 0 Å². The summed E-state index contributed by atoms with van der Waals surface area (Å²) >= 11 is 6.30. The molecule has 2 nitrogen and oxygen atoms in total. The number of aryl methyl sites for hydroxylation is 1. The van der Waals surface area contributed by atoms with Crippen molar-refractivity contribution in [1.29, 1.82) is 0 Å². The second kappa shape index (κ2) is 6.25. The molecule has 0 spiro atoms. The third-order valence-corrected chi connectivity index (χ3v) is 5.26. The molecular weight excluding hydrogens is 226 g/mol. The molecule has 0 fully saturated rings. The summed E-state index contributed by atoms with van der Waals surface area (Å²) < 4.78 is 5.55. The third-order valence-electron chi connectivity index (χ3n) is 2.23. The van der Waals surface area contributed by atoms with Gasteiger partial charge in [0.1, 0.15) is 0 Å². The molecule has 0 amide bonds. The predicted molar refractivity (Wildman–Crippen MR) is 66.5 cm³/mol. The first-order valence-corrected chi connectivity index (χ1v) is 8.99. The number of pyridine rings is 1. The van der Waals surface area contributed by atoms with Crippen molar-refractivity contribution in [2.24, 2.45) is 0 Å². The Hall–Kier alpha value is -0.383. The first-order chi connectivity index (χ1) is 7.14. The Kier molecular flexibility index (Phi) is 5.29. The summed E-state index contributed by atoms with van der Waals surface area (Å²) in [6.07, 6.45) is 3.88. The van der Waals surface area contributed by atoms with Gasteiger partial charge in [-0.15, -0.1) is 11.1 Å². The molecule has 4 heteroatoms. The average molecular weight is 244 g/mol. The minimum absolute atomic E-state index is 0.718. The van der Waals surface area contributed by atoms with Gasteiger partial charge in [-0.2, -0.15) is 0 Å². The number of hydrogen-bond acceptors (Lipinski definition) is 2. The molecule has 1 rings (SSSR count). The number of rotatable bonds is 6. The summed E-state index contributed by atoms with van der Waals surface area (Å²) in [6, 6.07) is 6.99. The van der Waals surface area contributed by atoms with E-state index >= 15 is 0 Å².